The second kappa shape index (κ2) is 5.35. The number of hydrogen-bond acceptors (Lipinski definition) is 3. The highest BCUT2D eigenvalue weighted by Gasteiger charge is 2.15. The molecule has 0 saturated carbocycles. The Bertz CT molecular complexity index is 671. The Morgan fingerprint density at radius 2 is 1.95 bits per heavy atom. The van der Waals surface area contributed by atoms with Gasteiger partial charge < -0.3 is 5.73 Å². The van der Waals surface area contributed by atoms with E-state index in [1.807, 2.05) is 24.3 Å². The average molecular weight is 368 g/mol. The summed E-state index contributed by atoms with van der Waals surface area (Å²) in [5, 5.41) is 10.7. The number of rotatable bonds is 3. The van der Waals surface area contributed by atoms with Crippen molar-refractivity contribution in [2.75, 3.05) is 0 Å². The van der Waals surface area contributed by atoms with E-state index in [0.29, 0.717) is 5.56 Å². The van der Waals surface area contributed by atoms with Crippen molar-refractivity contribution in [1.82, 2.24) is 0 Å². The lowest BCUT2D eigenvalue weighted by atomic mass is 9.99. The number of carbonyl (C=O) groups excluding carboxylic acids is 1. The maximum absolute atomic E-state index is 11.5. The van der Waals surface area contributed by atoms with Gasteiger partial charge in [-0.05, 0) is 51.9 Å². The van der Waals surface area contributed by atoms with Gasteiger partial charge in [-0.25, -0.2) is 0 Å². The van der Waals surface area contributed by atoms with Crippen LogP contribution in [0.1, 0.15) is 10.4 Å². The molecule has 2 aromatic carbocycles. The molecular formula is C13H9IN2O3. The van der Waals surface area contributed by atoms with Crippen LogP contribution in [-0.2, 0) is 0 Å². The first-order valence-electron chi connectivity index (χ1n) is 5.33. The molecule has 0 aliphatic carbocycles. The van der Waals surface area contributed by atoms with E-state index < -0.39 is 10.8 Å². The number of nitro groups is 1. The van der Waals surface area contributed by atoms with Crippen molar-refractivity contribution in [1.29, 1.82) is 0 Å². The zero-order chi connectivity index (χ0) is 14.0. The van der Waals surface area contributed by atoms with Crippen molar-refractivity contribution in [3.05, 3.63) is 61.7 Å². The fraction of sp³-hybridized carbons (Fsp3) is 0. The molecule has 2 aromatic rings. The highest BCUT2D eigenvalue weighted by Crippen LogP contribution is 2.28. The number of hydrogen-bond donors (Lipinski definition) is 1. The third kappa shape index (κ3) is 2.90. The Labute approximate surface area is 122 Å². The molecule has 0 radical (unpaired) electrons. The first kappa shape index (κ1) is 13.5. The molecule has 0 spiro atoms. The number of amides is 1. The number of carbonyl (C=O) groups is 1. The van der Waals surface area contributed by atoms with E-state index in [2.05, 4.69) is 22.6 Å². The molecule has 0 aliphatic heterocycles. The van der Waals surface area contributed by atoms with Gasteiger partial charge in [-0.1, -0.05) is 12.1 Å². The smallest absolute Gasteiger partial charge is 0.270 e. The van der Waals surface area contributed by atoms with Crippen LogP contribution < -0.4 is 5.73 Å². The quantitative estimate of drug-likeness (QED) is 0.514. The van der Waals surface area contributed by atoms with Crippen molar-refractivity contribution in [3.63, 3.8) is 0 Å². The Morgan fingerprint density at radius 1 is 1.21 bits per heavy atom. The number of halogens is 1. The summed E-state index contributed by atoms with van der Waals surface area (Å²) in [5.74, 6) is -0.683. The second-order valence-corrected chi connectivity index (χ2v) is 5.11. The van der Waals surface area contributed by atoms with Gasteiger partial charge in [-0.15, -0.1) is 0 Å². The van der Waals surface area contributed by atoms with Crippen LogP contribution in [0.4, 0.5) is 5.69 Å². The van der Waals surface area contributed by atoms with Gasteiger partial charge in [0.25, 0.3) is 5.69 Å². The van der Waals surface area contributed by atoms with Crippen LogP contribution in [0.2, 0.25) is 0 Å². The molecular weight excluding hydrogens is 359 g/mol. The van der Waals surface area contributed by atoms with Crippen molar-refractivity contribution in [3.8, 4) is 11.1 Å². The molecule has 1 amide bonds. The third-order valence-electron chi connectivity index (χ3n) is 2.62. The SMILES string of the molecule is NC(=O)c1cc([N+](=O)[O-])ccc1-c1cccc(I)c1. The van der Waals surface area contributed by atoms with Gasteiger partial charge in [0.05, 0.1) is 10.5 Å². The lowest BCUT2D eigenvalue weighted by Crippen LogP contribution is -2.12. The summed E-state index contributed by atoms with van der Waals surface area (Å²) in [4.78, 5) is 21.6. The predicted octanol–water partition coefficient (Wildman–Crippen LogP) is 2.97. The van der Waals surface area contributed by atoms with Crippen molar-refractivity contribution in [2.45, 2.75) is 0 Å². The third-order valence-corrected chi connectivity index (χ3v) is 3.29. The maximum atomic E-state index is 11.5. The topological polar surface area (TPSA) is 86.2 Å². The molecule has 2 N–H and O–H groups in total. The highest BCUT2D eigenvalue weighted by atomic mass is 127. The van der Waals surface area contributed by atoms with Crippen LogP contribution in [0, 0.1) is 13.7 Å². The van der Waals surface area contributed by atoms with E-state index in [-0.39, 0.29) is 11.3 Å². The minimum atomic E-state index is -0.683. The fourth-order valence-electron chi connectivity index (χ4n) is 1.76. The average Bonchev–Trinajstić information content (AvgIpc) is 2.37. The van der Waals surface area contributed by atoms with Crippen molar-refractivity contribution in [2.24, 2.45) is 5.73 Å². The number of nitrogens with zero attached hydrogens (tertiary/aromatic N) is 1. The summed E-state index contributed by atoms with van der Waals surface area (Å²) in [6.07, 6.45) is 0. The predicted molar refractivity (Wildman–Crippen MR) is 79.8 cm³/mol. The molecule has 6 heteroatoms. The van der Waals surface area contributed by atoms with Crippen LogP contribution in [0.25, 0.3) is 11.1 Å². The van der Waals surface area contributed by atoms with Crippen molar-refractivity contribution < 1.29 is 9.72 Å². The minimum absolute atomic E-state index is 0.149. The van der Waals surface area contributed by atoms with Crippen LogP contribution in [0.5, 0.6) is 0 Å². The van der Waals surface area contributed by atoms with E-state index in [4.69, 9.17) is 5.73 Å². The molecule has 0 fully saturated rings. The molecule has 2 rings (SSSR count). The van der Waals surface area contributed by atoms with Gasteiger partial charge in [0.15, 0.2) is 0 Å². The van der Waals surface area contributed by atoms with Gasteiger partial charge in [0.1, 0.15) is 0 Å². The summed E-state index contributed by atoms with van der Waals surface area (Å²) in [5.41, 5.74) is 6.69. The zero-order valence-electron chi connectivity index (χ0n) is 9.67. The Hall–Kier alpha value is -1.96. The molecule has 0 aromatic heterocycles. The molecule has 0 unspecified atom stereocenters. The minimum Gasteiger partial charge on any atom is -0.366 e. The van der Waals surface area contributed by atoms with Crippen molar-refractivity contribution >= 4 is 34.2 Å². The molecule has 5 nitrogen and oxygen atoms in total. The molecule has 19 heavy (non-hydrogen) atoms. The van der Waals surface area contributed by atoms with Gasteiger partial charge >= 0.3 is 0 Å². The molecule has 0 atom stereocenters. The van der Waals surface area contributed by atoms with Gasteiger partial charge in [-0.2, -0.15) is 0 Å². The lowest BCUT2D eigenvalue weighted by Gasteiger charge is -2.07. The molecule has 0 aliphatic rings. The first-order valence-corrected chi connectivity index (χ1v) is 6.41. The number of nitrogens with two attached hydrogens (primary N) is 1. The van der Waals surface area contributed by atoms with E-state index in [1.54, 1.807) is 6.07 Å². The maximum Gasteiger partial charge on any atom is 0.270 e. The standard InChI is InChI=1S/C13H9IN2O3/c14-9-3-1-2-8(6-9)11-5-4-10(16(18)19)7-12(11)13(15)17/h1-7H,(H2,15,17). The first-order chi connectivity index (χ1) is 8.99. The van der Waals surface area contributed by atoms with E-state index >= 15 is 0 Å². The Morgan fingerprint density at radius 3 is 2.53 bits per heavy atom. The molecule has 0 bridgehead atoms. The van der Waals surface area contributed by atoms with Crippen LogP contribution >= 0.6 is 22.6 Å². The lowest BCUT2D eigenvalue weighted by molar-refractivity contribution is -0.384. The van der Waals surface area contributed by atoms with Gasteiger partial charge in [0, 0.05) is 15.7 Å². The largest absolute Gasteiger partial charge is 0.366 e. The number of primary amides is 1. The molecule has 96 valence electrons. The summed E-state index contributed by atoms with van der Waals surface area (Å²) in [6.45, 7) is 0. The highest BCUT2D eigenvalue weighted by molar-refractivity contribution is 14.1. The monoisotopic (exact) mass is 368 g/mol. The van der Waals surface area contributed by atoms with Gasteiger partial charge in [0.2, 0.25) is 5.91 Å². The summed E-state index contributed by atoms with van der Waals surface area (Å²) < 4.78 is 1.00. The van der Waals surface area contributed by atoms with E-state index in [9.17, 15) is 14.9 Å². The second-order valence-electron chi connectivity index (χ2n) is 3.86. The number of non-ortho nitro benzene ring substituents is 1. The normalized spacial score (nSPS) is 10.2. The fourth-order valence-corrected chi connectivity index (χ4v) is 2.30. The number of nitro benzene ring substituents is 1. The Balaban J connectivity index is 2.63. The van der Waals surface area contributed by atoms with E-state index in [0.717, 1.165) is 9.13 Å². The summed E-state index contributed by atoms with van der Waals surface area (Å²) in [6, 6.07) is 11.6. The molecule has 0 saturated heterocycles. The van der Waals surface area contributed by atoms with Crippen LogP contribution in [0.15, 0.2) is 42.5 Å². The summed E-state index contributed by atoms with van der Waals surface area (Å²) >= 11 is 2.15. The summed E-state index contributed by atoms with van der Waals surface area (Å²) in [7, 11) is 0. The van der Waals surface area contributed by atoms with Crippen LogP contribution in [0.3, 0.4) is 0 Å². The Kier molecular flexibility index (Phi) is 3.79. The molecule has 0 heterocycles. The van der Waals surface area contributed by atoms with E-state index in [1.165, 1.54) is 12.1 Å². The number of benzene rings is 2. The van der Waals surface area contributed by atoms with Crippen LogP contribution in [-0.4, -0.2) is 10.8 Å². The zero-order valence-corrected chi connectivity index (χ0v) is 11.8. The van der Waals surface area contributed by atoms with Gasteiger partial charge in [-0.3, -0.25) is 14.9 Å².